The first-order valence-corrected chi connectivity index (χ1v) is 7.69. The van der Waals surface area contributed by atoms with E-state index in [1.807, 2.05) is 6.07 Å². The molecule has 0 aromatic carbocycles. The van der Waals surface area contributed by atoms with Crippen LogP contribution in [0.1, 0.15) is 31.1 Å². The lowest BCUT2D eigenvalue weighted by Crippen LogP contribution is -2.42. The van der Waals surface area contributed by atoms with Crippen molar-refractivity contribution in [3.8, 4) is 0 Å². The molecule has 1 fully saturated rings. The molecule has 0 amide bonds. The van der Waals surface area contributed by atoms with Crippen LogP contribution in [0.15, 0.2) is 12.1 Å². The summed E-state index contributed by atoms with van der Waals surface area (Å²) in [5, 5.41) is 14.4. The van der Waals surface area contributed by atoms with E-state index < -0.39 is 0 Å². The molecule has 2 rings (SSSR count). The van der Waals surface area contributed by atoms with Crippen LogP contribution < -0.4 is 5.32 Å². The standard InChI is InChI=1S/C13H21N3O2S/c1-2-7-15-8-5-11(6-9-15)14-10-12-3-4-13(19-12)16(17)18/h3-4,11,14H,2,5-10H2,1H3. The monoisotopic (exact) mass is 283 g/mol. The smallest absolute Gasteiger partial charge is 0.309 e. The third-order valence-corrected chi connectivity index (χ3v) is 4.56. The van der Waals surface area contributed by atoms with Gasteiger partial charge in [0.15, 0.2) is 0 Å². The van der Waals surface area contributed by atoms with Gasteiger partial charge in [0.05, 0.1) is 4.92 Å². The summed E-state index contributed by atoms with van der Waals surface area (Å²) in [7, 11) is 0. The number of nitro groups is 1. The third-order valence-electron chi connectivity index (χ3n) is 3.52. The van der Waals surface area contributed by atoms with Gasteiger partial charge in [0.25, 0.3) is 0 Å². The lowest BCUT2D eigenvalue weighted by molar-refractivity contribution is -0.380. The first kappa shape index (κ1) is 14.4. The SMILES string of the molecule is CCCN1CCC(NCc2ccc([N+](=O)[O-])s2)CC1. The van der Waals surface area contributed by atoms with Gasteiger partial charge < -0.3 is 10.2 Å². The predicted molar refractivity (Wildman–Crippen MR) is 77.6 cm³/mol. The number of rotatable bonds is 6. The Balaban J connectivity index is 1.72. The minimum absolute atomic E-state index is 0.231. The Morgan fingerprint density at radius 2 is 2.21 bits per heavy atom. The van der Waals surface area contributed by atoms with E-state index in [2.05, 4.69) is 17.1 Å². The Bertz CT molecular complexity index is 414. The maximum absolute atomic E-state index is 10.6. The van der Waals surface area contributed by atoms with Crippen molar-refractivity contribution in [1.82, 2.24) is 10.2 Å². The van der Waals surface area contributed by atoms with Crippen LogP contribution in [0, 0.1) is 10.1 Å². The van der Waals surface area contributed by atoms with Crippen LogP contribution in [0.3, 0.4) is 0 Å². The van der Waals surface area contributed by atoms with E-state index in [9.17, 15) is 10.1 Å². The van der Waals surface area contributed by atoms with Gasteiger partial charge >= 0.3 is 5.00 Å². The van der Waals surface area contributed by atoms with Gasteiger partial charge in [-0.25, -0.2) is 0 Å². The fourth-order valence-corrected chi connectivity index (χ4v) is 3.25. The van der Waals surface area contributed by atoms with Crippen LogP contribution in [0.2, 0.25) is 0 Å². The number of nitrogens with one attached hydrogen (secondary N) is 1. The Morgan fingerprint density at radius 3 is 2.79 bits per heavy atom. The molecule has 0 aliphatic carbocycles. The zero-order valence-electron chi connectivity index (χ0n) is 11.3. The molecule has 1 aromatic rings. The highest BCUT2D eigenvalue weighted by Crippen LogP contribution is 2.24. The summed E-state index contributed by atoms with van der Waals surface area (Å²) < 4.78 is 0. The number of piperidine rings is 1. The average Bonchev–Trinajstić information content (AvgIpc) is 2.87. The molecule has 1 aliphatic heterocycles. The van der Waals surface area contributed by atoms with Crippen LogP contribution in [-0.4, -0.2) is 35.5 Å². The summed E-state index contributed by atoms with van der Waals surface area (Å²) in [6.45, 7) is 6.49. The van der Waals surface area contributed by atoms with E-state index in [0.29, 0.717) is 6.04 Å². The van der Waals surface area contributed by atoms with Crippen LogP contribution >= 0.6 is 11.3 Å². The van der Waals surface area contributed by atoms with Crippen molar-refractivity contribution in [3.05, 3.63) is 27.1 Å². The molecular weight excluding hydrogens is 262 g/mol. The Kier molecular flexibility index (Phi) is 5.30. The van der Waals surface area contributed by atoms with Crippen molar-refractivity contribution in [2.75, 3.05) is 19.6 Å². The predicted octanol–water partition coefficient (Wildman–Crippen LogP) is 2.62. The van der Waals surface area contributed by atoms with Crippen LogP contribution in [0.4, 0.5) is 5.00 Å². The molecular formula is C13H21N3O2S. The maximum Gasteiger partial charge on any atom is 0.324 e. The molecule has 1 saturated heterocycles. The molecule has 1 aromatic heterocycles. The van der Waals surface area contributed by atoms with Crippen LogP contribution in [0.25, 0.3) is 0 Å². The van der Waals surface area contributed by atoms with Gasteiger partial charge in [-0.1, -0.05) is 18.3 Å². The molecule has 1 N–H and O–H groups in total. The molecule has 5 nitrogen and oxygen atoms in total. The van der Waals surface area contributed by atoms with Gasteiger partial charge in [0.1, 0.15) is 0 Å². The van der Waals surface area contributed by atoms with Gasteiger partial charge in [-0.05, 0) is 45.0 Å². The van der Waals surface area contributed by atoms with Crippen molar-refractivity contribution >= 4 is 16.3 Å². The summed E-state index contributed by atoms with van der Waals surface area (Å²) in [6.07, 6.45) is 3.57. The Morgan fingerprint density at radius 1 is 1.47 bits per heavy atom. The van der Waals surface area contributed by atoms with Gasteiger partial charge in [-0.3, -0.25) is 10.1 Å². The summed E-state index contributed by atoms with van der Waals surface area (Å²) in [6, 6.07) is 3.99. The first-order chi connectivity index (χ1) is 9.19. The molecule has 19 heavy (non-hydrogen) atoms. The fraction of sp³-hybridized carbons (Fsp3) is 0.692. The quantitative estimate of drug-likeness (QED) is 0.644. The van der Waals surface area contributed by atoms with E-state index in [1.54, 1.807) is 6.07 Å². The number of nitrogens with zero attached hydrogens (tertiary/aromatic N) is 2. The minimum Gasteiger partial charge on any atom is -0.309 e. The molecule has 0 atom stereocenters. The molecule has 106 valence electrons. The Hall–Kier alpha value is -0.980. The molecule has 2 heterocycles. The molecule has 0 saturated carbocycles. The summed E-state index contributed by atoms with van der Waals surface area (Å²) in [5.74, 6) is 0. The zero-order chi connectivity index (χ0) is 13.7. The highest BCUT2D eigenvalue weighted by atomic mass is 32.1. The van der Waals surface area contributed by atoms with Crippen molar-refractivity contribution in [3.63, 3.8) is 0 Å². The molecule has 0 unspecified atom stereocenters. The molecule has 0 spiro atoms. The highest BCUT2D eigenvalue weighted by Gasteiger charge is 2.18. The fourth-order valence-electron chi connectivity index (χ4n) is 2.48. The lowest BCUT2D eigenvalue weighted by Gasteiger charge is -2.32. The van der Waals surface area contributed by atoms with E-state index in [0.717, 1.165) is 24.5 Å². The second-order valence-electron chi connectivity index (χ2n) is 4.99. The largest absolute Gasteiger partial charge is 0.324 e. The van der Waals surface area contributed by atoms with E-state index >= 15 is 0 Å². The van der Waals surface area contributed by atoms with Crippen LogP contribution in [-0.2, 0) is 6.54 Å². The number of hydrogen-bond donors (Lipinski definition) is 1. The lowest BCUT2D eigenvalue weighted by atomic mass is 10.0. The first-order valence-electron chi connectivity index (χ1n) is 6.88. The van der Waals surface area contributed by atoms with Crippen LogP contribution in [0.5, 0.6) is 0 Å². The number of thiophene rings is 1. The summed E-state index contributed by atoms with van der Waals surface area (Å²) >= 11 is 1.27. The second-order valence-corrected chi connectivity index (χ2v) is 6.14. The van der Waals surface area contributed by atoms with Crippen molar-refractivity contribution < 1.29 is 4.92 Å². The second kappa shape index (κ2) is 6.98. The van der Waals surface area contributed by atoms with E-state index in [4.69, 9.17) is 0 Å². The van der Waals surface area contributed by atoms with E-state index in [1.165, 1.54) is 37.1 Å². The number of hydrogen-bond acceptors (Lipinski definition) is 5. The van der Waals surface area contributed by atoms with Gasteiger partial charge in [-0.2, -0.15) is 0 Å². The van der Waals surface area contributed by atoms with Crippen molar-refractivity contribution in [2.24, 2.45) is 0 Å². The molecule has 0 bridgehead atoms. The Labute approximate surface area is 117 Å². The maximum atomic E-state index is 10.6. The van der Waals surface area contributed by atoms with Gasteiger partial charge in [0.2, 0.25) is 0 Å². The van der Waals surface area contributed by atoms with Gasteiger partial charge in [0, 0.05) is 23.5 Å². The van der Waals surface area contributed by atoms with Gasteiger partial charge in [-0.15, -0.1) is 0 Å². The van der Waals surface area contributed by atoms with Crippen molar-refractivity contribution in [2.45, 2.75) is 38.8 Å². The minimum atomic E-state index is -0.322. The highest BCUT2D eigenvalue weighted by molar-refractivity contribution is 7.15. The third kappa shape index (κ3) is 4.26. The topological polar surface area (TPSA) is 58.4 Å². The average molecular weight is 283 g/mol. The zero-order valence-corrected chi connectivity index (χ0v) is 12.1. The summed E-state index contributed by atoms with van der Waals surface area (Å²) in [5.41, 5.74) is 0. The van der Waals surface area contributed by atoms with E-state index in [-0.39, 0.29) is 9.92 Å². The normalized spacial score (nSPS) is 17.7. The molecule has 6 heteroatoms. The molecule has 0 radical (unpaired) electrons. The summed E-state index contributed by atoms with van der Waals surface area (Å²) in [4.78, 5) is 13.8. The molecule has 1 aliphatic rings. The van der Waals surface area contributed by atoms with Crippen molar-refractivity contribution in [1.29, 1.82) is 0 Å². The number of likely N-dealkylation sites (tertiary alicyclic amines) is 1.